The zero-order valence-corrected chi connectivity index (χ0v) is 8.39. The van der Waals surface area contributed by atoms with Crippen LogP contribution in [0, 0.1) is 6.92 Å². The molecule has 1 rings (SSSR count). The van der Waals surface area contributed by atoms with Gasteiger partial charge in [0.05, 0.1) is 0 Å². The van der Waals surface area contributed by atoms with E-state index in [1.54, 1.807) is 0 Å². The van der Waals surface area contributed by atoms with E-state index >= 15 is 0 Å². The predicted molar refractivity (Wildman–Crippen MR) is 56.0 cm³/mol. The van der Waals surface area contributed by atoms with Gasteiger partial charge in [-0.25, -0.2) is 0 Å². The van der Waals surface area contributed by atoms with Gasteiger partial charge in [-0.2, -0.15) is 0 Å². The van der Waals surface area contributed by atoms with E-state index in [-0.39, 0.29) is 1.43 Å². The Morgan fingerprint density at radius 3 is 1.36 bits per heavy atom. The highest BCUT2D eigenvalue weighted by Gasteiger charge is 1.72. The van der Waals surface area contributed by atoms with Crippen molar-refractivity contribution in [3.05, 3.63) is 35.9 Å². The van der Waals surface area contributed by atoms with Gasteiger partial charge in [-0.3, -0.25) is 0 Å². The maximum absolute atomic E-state index is 2.08. The van der Waals surface area contributed by atoms with Gasteiger partial charge in [-0.15, -0.1) is 0 Å². The van der Waals surface area contributed by atoms with E-state index in [0.717, 1.165) is 0 Å². The lowest BCUT2D eigenvalue weighted by molar-refractivity contribution is 1.48. The smallest absolute Gasteiger partial charge is 0 e. The molecule has 0 nitrogen and oxygen atoms in total. The van der Waals surface area contributed by atoms with Crippen LogP contribution < -0.4 is 0 Å². The maximum atomic E-state index is 2.08. The van der Waals surface area contributed by atoms with Crippen molar-refractivity contribution in [3.8, 4) is 0 Å². The van der Waals surface area contributed by atoms with Crippen LogP contribution in [-0.4, -0.2) is 0 Å². The lowest BCUT2D eigenvalue weighted by atomic mass is 10.2. The monoisotopic (exact) mass is 155 g/mol. The third kappa shape index (κ3) is 9.22. The van der Waals surface area contributed by atoms with Crippen LogP contribution in [0.5, 0.6) is 0 Å². The lowest BCUT2D eigenvalue weighted by Gasteiger charge is -1.82. The number of hydrogen-bond donors (Lipinski definition) is 0. The number of benzene rings is 1. The summed E-state index contributed by atoms with van der Waals surface area (Å²) in [5.74, 6) is 0. The highest BCUT2D eigenvalue weighted by atomic mass is 13.8. The van der Waals surface area contributed by atoms with Gasteiger partial charge in [0.25, 0.3) is 0 Å². The van der Waals surface area contributed by atoms with Crippen LogP contribution >= 0.6 is 0 Å². The van der Waals surface area contributed by atoms with Crippen molar-refractivity contribution in [1.82, 2.24) is 0 Å². The van der Waals surface area contributed by atoms with E-state index in [1.165, 1.54) is 5.56 Å². The summed E-state index contributed by atoms with van der Waals surface area (Å²) >= 11 is 0. The molecule has 11 heavy (non-hydrogen) atoms. The third-order valence-corrected chi connectivity index (χ3v) is 0.940. The SMILES string of the molecule is CC.CC.Cc1ccccc1.[2HH]. The second kappa shape index (κ2) is 12.0. The predicted octanol–water partition coefficient (Wildman–Crippen LogP) is 4.29. The minimum atomic E-state index is 0. The van der Waals surface area contributed by atoms with E-state index in [9.17, 15) is 0 Å². The molecule has 0 heteroatoms. The van der Waals surface area contributed by atoms with E-state index < -0.39 is 0 Å². The summed E-state index contributed by atoms with van der Waals surface area (Å²) in [5.41, 5.74) is 1.32. The molecule has 0 atom stereocenters. The van der Waals surface area contributed by atoms with Crippen LogP contribution in [0.1, 0.15) is 34.7 Å². The van der Waals surface area contributed by atoms with Crippen LogP contribution in [-0.2, 0) is 0 Å². The van der Waals surface area contributed by atoms with Crippen LogP contribution in [0.3, 0.4) is 0 Å². The molecule has 0 aliphatic rings. The van der Waals surface area contributed by atoms with Crippen molar-refractivity contribution in [2.24, 2.45) is 0 Å². The van der Waals surface area contributed by atoms with E-state index in [4.69, 9.17) is 0 Å². The minimum Gasteiger partial charge on any atom is -0.0683 e. The Kier molecular flexibility index (Phi) is 14.0. The number of hydrogen-bond acceptors (Lipinski definition) is 0. The third-order valence-electron chi connectivity index (χ3n) is 0.940. The molecule has 1 aromatic carbocycles. The van der Waals surface area contributed by atoms with Crippen molar-refractivity contribution in [1.29, 1.82) is 0 Å². The van der Waals surface area contributed by atoms with E-state index in [1.807, 2.05) is 45.9 Å². The number of aryl methyl sites for hydroxylation is 1. The largest absolute Gasteiger partial charge is 0.0683 e. The summed E-state index contributed by atoms with van der Waals surface area (Å²) in [6, 6.07) is 10.3. The van der Waals surface area contributed by atoms with Gasteiger partial charge >= 0.3 is 0 Å². The Labute approximate surface area is 72.8 Å². The van der Waals surface area contributed by atoms with Crippen molar-refractivity contribution < 1.29 is 1.43 Å². The summed E-state index contributed by atoms with van der Waals surface area (Å²) < 4.78 is 0. The highest BCUT2D eigenvalue weighted by Crippen LogP contribution is 1.92. The fourth-order valence-corrected chi connectivity index (χ4v) is 0.534. The minimum absolute atomic E-state index is 0. The van der Waals surface area contributed by atoms with E-state index in [0.29, 0.717) is 0 Å². The second-order valence-corrected chi connectivity index (χ2v) is 1.65. The first-order valence-electron chi connectivity index (χ1n) is 4.41. The summed E-state index contributed by atoms with van der Waals surface area (Å²) in [7, 11) is 0. The topological polar surface area (TPSA) is 0 Å². The van der Waals surface area contributed by atoms with Gasteiger partial charge in [0.2, 0.25) is 0 Å². The van der Waals surface area contributed by atoms with Gasteiger partial charge in [0.1, 0.15) is 0 Å². The molecule has 0 amide bonds. The molecule has 0 fully saturated rings. The lowest BCUT2D eigenvalue weighted by Crippen LogP contribution is -1.62. The standard InChI is InChI=1S/C7H8.2C2H6.H2/c1-7-5-3-2-4-6-7;2*1-2;/h2-6H,1H3;2*1-2H3;1H/i;;;1+1. The van der Waals surface area contributed by atoms with Gasteiger partial charge in [-0.05, 0) is 6.92 Å². The Hall–Kier alpha value is -0.780. The fourth-order valence-electron chi connectivity index (χ4n) is 0.534. The summed E-state index contributed by atoms with van der Waals surface area (Å²) in [6.07, 6.45) is 0. The molecule has 0 radical (unpaired) electrons. The van der Waals surface area contributed by atoms with Crippen LogP contribution in [0.2, 0.25) is 0 Å². The molecule has 66 valence electrons. The molecule has 0 aliphatic carbocycles. The first-order valence-corrected chi connectivity index (χ1v) is 4.41. The average Bonchev–Trinajstić information content (AvgIpc) is 2.13. The van der Waals surface area contributed by atoms with Gasteiger partial charge in [0.15, 0.2) is 0 Å². The maximum Gasteiger partial charge on any atom is 0 e. The Morgan fingerprint density at radius 2 is 1.18 bits per heavy atom. The van der Waals surface area contributed by atoms with Crippen LogP contribution in [0.15, 0.2) is 30.3 Å². The van der Waals surface area contributed by atoms with Crippen molar-refractivity contribution in [2.45, 2.75) is 34.6 Å². The summed E-state index contributed by atoms with van der Waals surface area (Å²) in [6.45, 7) is 10.1. The fraction of sp³-hybridized carbons (Fsp3) is 0.455. The molecule has 0 N–H and O–H groups in total. The van der Waals surface area contributed by atoms with Crippen molar-refractivity contribution in [3.63, 3.8) is 0 Å². The molecule has 1 aromatic rings. The first-order chi connectivity index (χ1) is 5.39. The molecule has 0 unspecified atom stereocenters. The van der Waals surface area contributed by atoms with Crippen LogP contribution in [0.4, 0.5) is 0 Å². The molecule has 0 aliphatic heterocycles. The van der Waals surface area contributed by atoms with Gasteiger partial charge in [-0.1, -0.05) is 63.6 Å². The second-order valence-electron chi connectivity index (χ2n) is 1.65. The summed E-state index contributed by atoms with van der Waals surface area (Å²) in [5, 5.41) is 0. The molecule has 0 aromatic heterocycles. The average molecular weight is 155 g/mol. The van der Waals surface area contributed by atoms with Crippen LogP contribution in [0.25, 0.3) is 0 Å². The molecule has 0 saturated heterocycles. The molecular formula is C11H22. The zero-order valence-electron chi connectivity index (χ0n) is 8.39. The van der Waals surface area contributed by atoms with Crippen molar-refractivity contribution >= 4 is 0 Å². The zero-order chi connectivity index (χ0) is 9.11. The Balaban J connectivity index is -0.000000144. The van der Waals surface area contributed by atoms with Gasteiger partial charge in [0, 0.05) is 1.43 Å². The molecule has 0 heterocycles. The van der Waals surface area contributed by atoms with Gasteiger partial charge < -0.3 is 0 Å². The Bertz CT molecular complexity index is 135. The Morgan fingerprint density at radius 1 is 0.818 bits per heavy atom. The molecule has 0 saturated carbocycles. The van der Waals surface area contributed by atoms with E-state index in [2.05, 4.69) is 19.1 Å². The normalized spacial score (nSPS) is 6.64. The van der Waals surface area contributed by atoms with Crippen molar-refractivity contribution in [2.75, 3.05) is 0 Å². The quantitative estimate of drug-likeness (QED) is 0.524. The number of rotatable bonds is 0. The molecular weight excluding hydrogens is 132 g/mol. The molecule has 0 spiro atoms. The molecule has 0 bridgehead atoms. The summed E-state index contributed by atoms with van der Waals surface area (Å²) in [4.78, 5) is 0. The first kappa shape index (κ1) is 12.9. The highest BCUT2D eigenvalue weighted by molar-refractivity contribution is 5.11.